The predicted octanol–water partition coefficient (Wildman–Crippen LogP) is 3.80. The minimum absolute atomic E-state index is 0.459. The molecule has 3 rings (SSSR count). The molecule has 0 aromatic heterocycles. The van der Waals surface area contributed by atoms with Crippen LogP contribution in [0.15, 0.2) is 42.2 Å². The van der Waals surface area contributed by atoms with Gasteiger partial charge in [-0.15, -0.1) is 0 Å². The largest absolute Gasteiger partial charge is 0.472 e. The second kappa shape index (κ2) is 3.11. The molecule has 1 atom stereocenters. The standard InChI is InChI=1S/C12H9OP/c1-2-4-10-8-12-11(5-6-14-13-12)7-9(10)3-1/h1-8,14H. The summed E-state index contributed by atoms with van der Waals surface area (Å²) in [5, 5.41) is 2.51. The maximum atomic E-state index is 5.57. The van der Waals surface area contributed by atoms with Crippen LogP contribution in [0.1, 0.15) is 5.56 Å². The highest BCUT2D eigenvalue weighted by molar-refractivity contribution is 7.37. The van der Waals surface area contributed by atoms with Crippen LogP contribution < -0.4 is 4.52 Å². The van der Waals surface area contributed by atoms with Crippen molar-refractivity contribution in [2.24, 2.45) is 0 Å². The van der Waals surface area contributed by atoms with Gasteiger partial charge in [0.05, 0.1) is 8.81 Å². The first-order valence-electron chi connectivity index (χ1n) is 4.55. The number of hydrogen-bond acceptors (Lipinski definition) is 1. The van der Waals surface area contributed by atoms with E-state index in [1.165, 1.54) is 16.3 Å². The fourth-order valence-corrected chi connectivity index (χ4v) is 2.30. The van der Waals surface area contributed by atoms with E-state index in [-0.39, 0.29) is 0 Å². The van der Waals surface area contributed by atoms with Crippen LogP contribution in [-0.4, -0.2) is 0 Å². The monoisotopic (exact) mass is 200 g/mol. The maximum absolute atomic E-state index is 5.57. The molecule has 2 aromatic rings. The Morgan fingerprint density at radius 3 is 2.64 bits per heavy atom. The molecule has 1 heterocycles. The predicted molar refractivity (Wildman–Crippen MR) is 61.9 cm³/mol. The molecule has 2 heteroatoms. The van der Waals surface area contributed by atoms with Gasteiger partial charge in [-0.1, -0.05) is 24.3 Å². The fraction of sp³-hybridized carbons (Fsp3) is 0. The lowest BCUT2D eigenvalue weighted by molar-refractivity contribution is 0.635. The van der Waals surface area contributed by atoms with Gasteiger partial charge in [0.25, 0.3) is 0 Å². The van der Waals surface area contributed by atoms with Gasteiger partial charge >= 0.3 is 0 Å². The lowest BCUT2D eigenvalue weighted by atomic mass is 10.1. The normalized spacial score (nSPS) is 15.4. The van der Waals surface area contributed by atoms with Gasteiger partial charge < -0.3 is 4.52 Å². The highest BCUT2D eigenvalue weighted by Crippen LogP contribution is 2.35. The molecule has 0 saturated carbocycles. The van der Waals surface area contributed by atoms with Gasteiger partial charge in [-0.25, -0.2) is 0 Å². The number of fused-ring (bicyclic) bond motifs is 2. The number of rotatable bonds is 0. The summed E-state index contributed by atoms with van der Waals surface area (Å²) >= 11 is 0. The van der Waals surface area contributed by atoms with E-state index < -0.39 is 0 Å². The Morgan fingerprint density at radius 1 is 1.00 bits per heavy atom. The molecule has 0 aliphatic carbocycles. The van der Waals surface area contributed by atoms with Crippen LogP contribution in [0.25, 0.3) is 16.8 Å². The Kier molecular flexibility index (Phi) is 1.78. The van der Waals surface area contributed by atoms with Crippen molar-refractivity contribution >= 4 is 25.7 Å². The SMILES string of the molecule is C1=Cc2cc3ccccc3cc2OP1. The van der Waals surface area contributed by atoms with Gasteiger partial charge in [0, 0.05) is 5.56 Å². The van der Waals surface area contributed by atoms with Crippen LogP contribution in [0, 0.1) is 0 Å². The summed E-state index contributed by atoms with van der Waals surface area (Å²) in [6, 6.07) is 12.6. The van der Waals surface area contributed by atoms with Crippen LogP contribution >= 0.6 is 8.81 Å². The van der Waals surface area contributed by atoms with Crippen molar-refractivity contribution in [1.82, 2.24) is 0 Å². The van der Waals surface area contributed by atoms with Gasteiger partial charge in [-0.2, -0.15) is 0 Å². The van der Waals surface area contributed by atoms with Gasteiger partial charge in [-0.3, -0.25) is 0 Å². The molecule has 0 fully saturated rings. The van der Waals surface area contributed by atoms with Crippen LogP contribution in [0.4, 0.5) is 0 Å². The van der Waals surface area contributed by atoms with Crippen molar-refractivity contribution < 1.29 is 4.52 Å². The molecule has 14 heavy (non-hydrogen) atoms. The lowest BCUT2D eigenvalue weighted by Crippen LogP contribution is -1.87. The molecular weight excluding hydrogens is 191 g/mol. The summed E-state index contributed by atoms with van der Waals surface area (Å²) in [4.78, 5) is 0. The number of hydrogen-bond donors (Lipinski definition) is 0. The first kappa shape index (κ1) is 8.02. The molecule has 0 saturated heterocycles. The third-order valence-electron chi connectivity index (χ3n) is 2.38. The zero-order valence-electron chi connectivity index (χ0n) is 7.53. The Hall–Kier alpha value is -1.33. The second-order valence-electron chi connectivity index (χ2n) is 3.29. The highest BCUT2D eigenvalue weighted by Gasteiger charge is 2.06. The summed E-state index contributed by atoms with van der Waals surface area (Å²) in [5.74, 6) is 3.07. The first-order valence-corrected chi connectivity index (χ1v) is 5.54. The van der Waals surface area contributed by atoms with E-state index in [0.29, 0.717) is 8.81 Å². The van der Waals surface area contributed by atoms with Crippen LogP contribution in [0.5, 0.6) is 5.75 Å². The van der Waals surface area contributed by atoms with Crippen molar-refractivity contribution in [3.8, 4) is 5.75 Å². The third-order valence-corrected chi connectivity index (χ3v) is 3.02. The molecule has 0 spiro atoms. The average Bonchev–Trinajstić information content (AvgIpc) is 2.26. The van der Waals surface area contributed by atoms with Gasteiger partial charge in [0.15, 0.2) is 0 Å². The molecular formula is C12H9OP. The summed E-state index contributed by atoms with van der Waals surface area (Å²) in [7, 11) is 0.459. The molecule has 1 nitrogen and oxygen atoms in total. The molecule has 0 bridgehead atoms. The van der Waals surface area contributed by atoms with E-state index in [9.17, 15) is 0 Å². The Balaban J connectivity index is 2.34. The summed E-state index contributed by atoms with van der Waals surface area (Å²) in [5.41, 5.74) is 1.18. The minimum Gasteiger partial charge on any atom is -0.472 e. The van der Waals surface area contributed by atoms with Gasteiger partial charge in [0.2, 0.25) is 0 Å². The van der Waals surface area contributed by atoms with E-state index in [4.69, 9.17) is 4.52 Å². The Bertz CT molecular complexity index is 517. The third kappa shape index (κ3) is 1.21. The number of benzene rings is 2. The summed E-state index contributed by atoms with van der Waals surface area (Å²) < 4.78 is 5.57. The second-order valence-corrected chi connectivity index (χ2v) is 4.06. The van der Waals surface area contributed by atoms with Crippen molar-refractivity contribution in [2.75, 3.05) is 0 Å². The van der Waals surface area contributed by atoms with Crippen LogP contribution in [0.2, 0.25) is 0 Å². The zero-order valence-corrected chi connectivity index (χ0v) is 8.53. The molecule has 0 N–H and O–H groups in total. The molecule has 0 radical (unpaired) electrons. The van der Waals surface area contributed by atoms with Crippen molar-refractivity contribution in [3.63, 3.8) is 0 Å². The molecule has 1 unspecified atom stereocenters. The smallest absolute Gasteiger partial charge is 0.131 e. The topological polar surface area (TPSA) is 9.23 Å². The molecule has 0 amide bonds. The molecule has 1 aliphatic rings. The van der Waals surface area contributed by atoms with E-state index in [0.717, 1.165) is 5.75 Å². The van der Waals surface area contributed by atoms with E-state index >= 15 is 0 Å². The molecule has 2 aromatic carbocycles. The Labute approximate surface area is 84.3 Å². The van der Waals surface area contributed by atoms with Gasteiger partial charge in [0.1, 0.15) is 5.75 Å². The van der Waals surface area contributed by atoms with Crippen molar-refractivity contribution in [2.45, 2.75) is 0 Å². The van der Waals surface area contributed by atoms with E-state index in [1.807, 2.05) is 0 Å². The van der Waals surface area contributed by atoms with Crippen molar-refractivity contribution in [1.29, 1.82) is 0 Å². The average molecular weight is 200 g/mol. The maximum Gasteiger partial charge on any atom is 0.131 e. The van der Waals surface area contributed by atoms with E-state index in [1.54, 1.807) is 0 Å². The fourth-order valence-electron chi connectivity index (χ4n) is 1.68. The molecule has 1 aliphatic heterocycles. The van der Waals surface area contributed by atoms with Gasteiger partial charge in [-0.05, 0) is 34.8 Å². The lowest BCUT2D eigenvalue weighted by Gasteiger charge is -2.12. The minimum atomic E-state index is 0.459. The summed E-state index contributed by atoms with van der Waals surface area (Å²) in [6.45, 7) is 0. The highest BCUT2D eigenvalue weighted by atomic mass is 31.1. The van der Waals surface area contributed by atoms with E-state index in [2.05, 4.69) is 48.3 Å². The van der Waals surface area contributed by atoms with Crippen LogP contribution in [-0.2, 0) is 0 Å². The Morgan fingerprint density at radius 2 is 1.79 bits per heavy atom. The molecule has 68 valence electrons. The van der Waals surface area contributed by atoms with Crippen molar-refractivity contribution in [3.05, 3.63) is 47.8 Å². The first-order chi connectivity index (χ1) is 6.93. The summed E-state index contributed by atoms with van der Waals surface area (Å²) in [6.07, 6.45) is 2.13. The zero-order chi connectivity index (χ0) is 9.38. The van der Waals surface area contributed by atoms with Crippen LogP contribution in [0.3, 0.4) is 0 Å². The quantitative estimate of drug-likeness (QED) is 0.588.